The zero-order valence-electron chi connectivity index (χ0n) is 14.1. The van der Waals surface area contributed by atoms with Crippen molar-refractivity contribution in [3.63, 3.8) is 0 Å². The predicted molar refractivity (Wildman–Crippen MR) is 93.0 cm³/mol. The first-order valence-electron chi connectivity index (χ1n) is 7.68. The second-order valence-corrected chi connectivity index (χ2v) is 5.80. The summed E-state index contributed by atoms with van der Waals surface area (Å²) in [5.74, 6) is -1.59. The van der Waals surface area contributed by atoms with Crippen molar-refractivity contribution in [2.45, 2.75) is 19.9 Å². The Kier molecular flexibility index (Phi) is 5.20. The highest BCUT2D eigenvalue weighted by molar-refractivity contribution is 6.40. The Morgan fingerprint density at radius 3 is 2.60 bits per heavy atom. The zero-order valence-corrected chi connectivity index (χ0v) is 14.1. The molecule has 1 aromatic heterocycles. The van der Waals surface area contributed by atoms with E-state index < -0.39 is 11.8 Å². The largest absolute Gasteiger partial charge is 0.396 e. The lowest BCUT2D eigenvalue weighted by molar-refractivity contribution is -0.147. The molecule has 0 bridgehead atoms. The van der Waals surface area contributed by atoms with Crippen LogP contribution in [0.5, 0.6) is 0 Å². The molecule has 1 saturated heterocycles. The molecule has 1 aliphatic heterocycles. The highest BCUT2D eigenvalue weighted by Gasteiger charge is 2.31. The number of piperazine rings is 1. The molecular formula is C15H21N7O3. The Morgan fingerprint density at radius 2 is 2.04 bits per heavy atom. The number of nitrogen functional groups attached to an aromatic ring is 2. The first-order chi connectivity index (χ1) is 11.8. The van der Waals surface area contributed by atoms with E-state index in [0.717, 1.165) is 6.21 Å². The molecule has 0 aromatic carbocycles. The van der Waals surface area contributed by atoms with Gasteiger partial charge in [0.15, 0.2) is 0 Å². The van der Waals surface area contributed by atoms with Gasteiger partial charge in [-0.05, 0) is 6.92 Å². The van der Waals surface area contributed by atoms with Crippen molar-refractivity contribution in [2.75, 3.05) is 36.4 Å². The van der Waals surface area contributed by atoms with Crippen LogP contribution < -0.4 is 16.8 Å². The van der Waals surface area contributed by atoms with E-state index in [1.165, 1.54) is 18.0 Å². The second kappa shape index (κ2) is 7.16. The maximum Gasteiger partial charge on any atom is 0.314 e. The molecule has 134 valence electrons. The van der Waals surface area contributed by atoms with Gasteiger partial charge in [0.25, 0.3) is 0 Å². The molecule has 25 heavy (non-hydrogen) atoms. The fraction of sp³-hybridized carbons (Fsp3) is 0.400. The molecule has 0 spiro atoms. The number of nitrogens with zero attached hydrogens (tertiary/aromatic N) is 3. The third kappa shape index (κ3) is 3.67. The first-order valence-corrected chi connectivity index (χ1v) is 7.68. The number of aromatic nitrogens is 1. The number of anilines is 3. The molecule has 0 radical (unpaired) electrons. The SMILES string of the molecule is CC(=O)N1CCN(C(=O)C(=O)Nc2cnc(N)c(C=N)c2N)CC1C. The van der Waals surface area contributed by atoms with Crippen molar-refractivity contribution < 1.29 is 14.4 Å². The number of nitrogens with two attached hydrogens (primary N) is 2. The van der Waals surface area contributed by atoms with Crippen LogP contribution in [-0.2, 0) is 14.4 Å². The summed E-state index contributed by atoms with van der Waals surface area (Å²) in [5.41, 5.74) is 11.8. The molecular weight excluding hydrogens is 326 g/mol. The molecule has 1 fully saturated rings. The average Bonchev–Trinajstić information content (AvgIpc) is 2.56. The van der Waals surface area contributed by atoms with Crippen molar-refractivity contribution in [1.29, 1.82) is 5.41 Å². The van der Waals surface area contributed by atoms with E-state index in [-0.39, 0.29) is 47.8 Å². The van der Waals surface area contributed by atoms with E-state index >= 15 is 0 Å². The van der Waals surface area contributed by atoms with E-state index in [1.807, 2.05) is 6.92 Å². The van der Waals surface area contributed by atoms with Crippen LogP contribution >= 0.6 is 0 Å². The zero-order chi connectivity index (χ0) is 18.7. The van der Waals surface area contributed by atoms with Crippen LogP contribution in [0.3, 0.4) is 0 Å². The molecule has 1 aromatic rings. The van der Waals surface area contributed by atoms with Crippen molar-refractivity contribution in [3.8, 4) is 0 Å². The van der Waals surface area contributed by atoms with Gasteiger partial charge in [0.2, 0.25) is 5.91 Å². The molecule has 0 saturated carbocycles. The molecule has 0 aliphatic carbocycles. The van der Waals surface area contributed by atoms with Gasteiger partial charge in [-0.1, -0.05) is 0 Å². The molecule has 2 heterocycles. The predicted octanol–water partition coefficient (Wildman–Crippen LogP) is -0.739. The number of carbonyl (C=O) groups is 3. The number of pyridine rings is 1. The number of hydrogen-bond acceptors (Lipinski definition) is 7. The Bertz CT molecular complexity index is 734. The smallest absolute Gasteiger partial charge is 0.314 e. The van der Waals surface area contributed by atoms with Gasteiger partial charge in [-0.25, -0.2) is 4.98 Å². The lowest BCUT2D eigenvalue weighted by Gasteiger charge is -2.39. The van der Waals surface area contributed by atoms with Crippen molar-refractivity contribution in [1.82, 2.24) is 14.8 Å². The first kappa shape index (κ1) is 18.2. The van der Waals surface area contributed by atoms with Gasteiger partial charge in [0.1, 0.15) is 5.82 Å². The van der Waals surface area contributed by atoms with E-state index in [4.69, 9.17) is 16.9 Å². The van der Waals surface area contributed by atoms with Crippen molar-refractivity contribution in [3.05, 3.63) is 11.8 Å². The summed E-state index contributed by atoms with van der Waals surface area (Å²) < 4.78 is 0. The normalized spacial score (nSPS) is 17.1. The van der Waals surface area contributed by atoms with Crippen molar-refractivity contribution in [2.24, 2.45) is 0 Å². The van der Waals surface area contributed by atoms with Gasteiger partial charge in [0.05, 0.1) is 23.1 Å². The monoisotopic (exact) mass is 347 g/mol. The van der Waals surface area contributed by atoms with Crippen molar-refractivity contribution >= 4 is 41.1 Å². The summed E-state index contributed by atoms with van der Waals surface area (Å²) in [6.45, 7) is 4.21. The van der Waals surface area contributed by atoms with Gasteiger partial charge in [-0.15, -0.1) is 0 Å². The van der Waals surface area contributed by atoms with Crippen LogP contribution in [0.1, 0.15) is 19.4 Å². The minimum Gasteiger partial charge on any atom is -0.396 e. The van der Waals surface area contributed by atoms with Gasteiger partial charge in [0, 0.05) is 38.8 Å². The quantitative estimate of drug-likeness (QED) is 0.407. The standard InChI is InChI=1S/C15H21N7O3/c1-8-7-21(3-4-22(8)9(2)23)15(25)14(24)20-11-6-19-13(18)10(5-16)12(11)17/h5-6,8,16H,3-4,7H2,1-2H3,(H,20,24)(H4,17,18,19). The number of hydrogen-bond donors (Lipinski definition) is 4. The third-order valence-electron chi connectivity index (χ3n) is 4.09. The van der Waals surface area contributed by atoms with E-state index in [9.17, 15) is 14.4 Å². The van der Waals surface area contributed by atoms with Crippen LogP contribution in [0.2, 0.25) is 0 Å². The van der Waals surface area contributed by atoms with Gasteiger partial charge >= 0.3 is 11.8 Å². The third-order valence-corrected chi connectivity index (χ3v) is 4.09. The lowest BCUT2D eigenvalue weighted by atomic mass is 10.2. The highest BCUT2D eigenvalue weighted by atomic mass is 16.2. The van der Waals surface area contributed by atoms with Gasteiger partial charge in [-0.3, -0.25) is 14.4 Å². The maximum absolute atomic E-state index is 12.3. The maximum atomic E-state index is 12.3. The average molecular weight is 347 g/mol. The van der Waals surface area contributed by atoms with Crippen LogP contribution in [0.25, 0.3) is 0 Å². The molecule has 2 rings (SSSR count). The molecule has 1 aliphatic rings. The summed E-state index contributed by atoms with van der Waals surface area (Å²) in [4.78, 5) is 42.9. The van der Waals surface area contributed by atoms with Gasteiger partial charge < -0.3 is 32.0 Å². The minimum atomic E-state index is -0.863. The second-order valence-electron chi connectivity index (χ2n) is 5.80. The van der Waals surface area contributed by atoms with Gasteiger partial charge in [-0.2, -0.15) is 0 Å². The molecule has 1 atom stereocenters. The Balaban J connectivity index is 2.08. The summed E-state index contributed by atoms with van der Waals surface area (Å²) >= 11 is 0. The number of carbonyl (C=O) groups excluding carboxylic acids is 3. The van der Waals surface area contributed by atoms with E-state index in [0.29, 0.717) is 6.54 Å². The van der Waals surface area contributed by atoms with Crippen LogP contribution in [0, 0.1) is 5.41 Å². The number of amides is 3. The topological polar surface area (TPSA) is 158 Å². The highest BCUT2D eigenvalue weighted by Crippen LogP contribution is 2.24. The Morgan fingerprint density at radius 1 is 1.36 bits per heavy atom. The van der Waals surface area contributed by atoms with Crippen LogP contribution in [-0.4, -0.2) is 64.4 Å². The Hall–Kier alpha value is -3.17. The summed E-state index contributed by atoms with van der Waals surface area (Å²) in [6, 6.07) is -0.171. The Labute approximate surface area is 144 Å². The minimum absolute atomic E-state index is 0.0611. The number of nitrogens with one attached hydrogen (secondary N) is 2. The molecule has 6 N–H and O–H groups in total. The van der Waals surface area contributed by atoms with E-state index in [2.05, 4.69) is 10.3 Å². The van der Waals surface area contributed by atoms with Crippen LogP contribution in [0.15, 0.2) is 6.20 Å². The fourth-order valence-electron chi connectivity index (χ4n) is 2.74. The summed E-state index contributed by atoms with van der Waals surface area (Å²) in [7, 11) is 0. The van der Waals surface area contributed by atoms with Crippen LogP contribution in [0.4, 0.5) is 17.2 Å². The molecule has 3 amide bonds. The lowest BCUT2D eigenvalue weighted by Crippen LogP contribution is -2.56. The summed E-state index contributed by atoms with van der Waals surface area (Å²) in [5, 5.41) is 9.68. The fourth-order valence-corrected chi connectivity index (χ4v) is 2.74. The molecule has 1 unspecified atom stereocenters. The molecule has 10 heteroatoms. The van der Waals surface area contributed by atoms with E-state index in [1.54, 1.807) is 4.90 Å². The number of rotatable bonds is 2. The summed E-state index contributed by atoms with van der Waals surface area (Å²) in [6.07, 6.45) is 2.16. The molecule has 10 nitrogen and oxygen atoms in total.